The molecule has 142 valence electrons. The Bertz CT molecular complexity index is 1340. The van der Waals surface area contributed by atoms with Crippen molar-refractivity contribution in [3.05, 3.63) is 101 Å². The van der Waals surface area contributed by atoms with Crippen molar-refractivity contribution < 1.29 is 0 Å². The molecular formula is C24H20N4O. The van der Waals surface area contributed by atoms with E-state index in [-0.39, 0.29) is 5.56 Å². The number of hydrogen-bond acceptors (Lipinski definition) is 3. The van der Waals surface area contributed by atoms with E-state index < -0.39 is 0 Å². The molecule has 0 saturated carbocycles. The van der Waals surface area contributed by atoms with Crippen molar-refractivity contribution in [3.63, 3.8) is 0 Å². The molecule has 2 aromatic carbocycles. The van der Waals surface area contributed by atoms with Gasteiger partial charge in [-0.25, -0.2) is 4.98 Å². The fraction of sp³-hybridized carbons (Fsp3) is 0.125. The summed E-state index contributed by atoms with van der Waals surface area (Å²) in [7, 11) is 0. The Hall–Kier alpha value is -3.73. The molecule has 5 nitrogen and oxygen atoms in total. The summed E-state index contributed by atoms with van der Waals surface area (Å²) < 4.78 is 1.69. The van der Waals surface area contributed by atoms with Gasteiger partial charge in [-0.2, -0.15) is 5.10 Å². The van der Waals surface area contributed by atoms with E-state index in [1.54, 1.807) is 10.8 Å². The highest BCUT2D eigenvalue weighted by atomic mass is 16.1. The Labute approximate surface area is 167 Å². The third-order valence-corrected chi connectivity index (χ3v) is 5.26. The molecule has 5 aromatic rings. The second-order valence-corrected chi connectivity index (χ2v) is 7.11. The van der Waals surface area contributed by atoms with Crippen molar-refractivity contribution in [1.82, 2.24) is 19.7 Å². The van der Waals surface area contributed by atoms with Crippen molar-refractivity contribution in [1.29, 1.82) is 0 Å². The lowest BCUT2D eigenvalue weighted by atomic mass is 10.1. The number of rotatable bonds is 5. The molecule has 5 rings (SSSR count). The highest BCUT2D eigenvalue weighted by Crippen LogP contribution is 2.24. The van der Waals surface area contributed by atoms with Crippen molar-refractivity contribution in [2.24, 2.45) is 0 Å². The molecule has 0 bridgehead atoms. The lowest BCUT2D eigenvalue weighted by molar-refractivity contribution is 0.796. The number of nitrogens with one attached hydrogen (secondary N) is 1. The van der Waals surface area contributed by atoms with Crippen LogP contribution in [0, 0.1) is 0 Å². The van der Waals surface area contributed by atoms with Gasteiger partial charge in [-0.1, -0.05) is 48.5 Å². The maximum absolute atomic E-state index is 13.5. The van der Waals surface area contributed by atoms with Crippen LogP contribution in [0.3, 0.4) is 0 Å². The molecule has 0 aliphatic carbocycles. The number of pyridine rings is 2. The Balaban J connectivity index is 1.62. The quantitative estimate of drug-likeness (QED) is 0.490. The molecular weight excluding hydrogens is 360 g/mol. The molecule has 0 amide bonds. The SMILES string of the molecule is O=c1c2c(CCCc3ccccc3)n[nH]c2c2cccnc2n1-c1ccccc1. The minimum absolute atomic E-state index is 0.0825. The van der Waals surface area contributed by atoms with Crippen LogP contribution >= 0.6 is 0 Å². The van der Waals surface area contributed by atoms with Gasteiger partial charge in [0.2, 0.25) is 0 Å². The first-order valence-corrected chi connectivity index (χ1v) is 9.79. The smallest absolute Gasteiger partial charge is 0.268 e. The molecule has 0 saturated heterocycles. The van der Waals surface area contributed by atoms with Gasteiger partial charge in [-0.15, -0.1) is 0 Å². The highest BCUT2D eigenvalue weighted by molar-refractivity contribution is 6.03. The highest BCUT2D eigenvalue weighted by Gasteiger charge is 2.18. The van der Waals surface area contributed by atoms with Crippen molar-refractivity contribution in [2.75, 3.05) is 0 Å². The number of H-pyrrole nitrogens is 1. The molecule has 5 heteroatoms. The topological polar surface area (TPSA) is 63.6 Å². The van der Waals surface area contributed by atoms with Gasteiger partial charge >= 0.3 is 0 Å². The number of fused-ring (bicyclic) bond motifs is 3. The molecule has 1 N–H and O–H groups in total. The molecule has 0 unspecified atom stereocenters. The summed E-state index contributed by atoms with van der Waals surface area (Å²) in [4.78, 5) is 18.0. The minimum atomic E-state index is -0.0825. The van der Waals surface area contributed by atoms with E-state index in [0.29, 0.717) is 11.0 Å². The van der Waals surface area contributed by atoms with E-state index in [4.69, 9.17) is 0 Å². The van der Waals surface area contributed by atoms with Crippen LogP contribution in [0.15, 0.2) is 83.8 Å². The van der Waals surface area contributed by atoms with E-state index in [9.17, 15) is 4.79 Å². The molecule has 3 heterocycles. The van der Waals surface area contributed by atoms with E-state index in [0.717, 1.165) is 41.5 Å². The number of hydrogen-bond donors (Lipinski definition) is 1. The standard InChI is InChI=1S/C24H20N4O/c29-24-21-20(15-7-11-17-9-3-1-4-10-17)26-27-22(21)19-14-8-16-25-23(19)28(24)18-12-5-2-6-13-18/h1-6,8-10,12-14,16H,7,11,15H2,(H,26,27). The Kier molecular flexibility index (Phi) is 4.41. The van der Waals surface area contributed by atoms with Gasteiger partial charge in [0.25, 0.3) is 5.56 Å². The predicted molar refractivity (Wildman–Crippen MR) is 115 cm³/mol. The zero-order valence-corrected chi connectivity index (χ0v) is 15.9. The van der Waals surface area contributed by atoms with E-state index >= 15 is 0 Å². The molecule has 0 fully saturated rings. The lowest BCUT2D eigenvalue weighted by Gasteiger charge is -2.10. The van der Waals surface area contributed by atoms with Gasteiger partial charge in [0.05, 0.1) is 22.3 Å². The average Bonchev–Trinajstić information content (AvgIpc) is 3.20. The van der Waals surface area contributed by atoms with Crippen LogP contribution in [0.2, 0.25) is 0 Å². The van der Waals surface area contributed by atoms with Gasteiger partial charge < -0.3 is 0 Å². The molecule has 0 atom stereocenters. The first-order chi connectivity index (χ1) is 14.3. The second-order valence-electron chi connectivity index (χ2n) is 7.11. The normalized spacial score (nSPS) is 11.3. The maximum Gasteiger partial charge on any atom is 0.268 e. The maximum atomic E-state index is 13.5. The monoisotopic (exact) mass is 380 g/mol. The van der Waals surface area contributed by atoms with Crippen LogP contribution < -0.4 is 5.56 Å². The minimum Gasteiger partial charge on any atom is -0.277 e. The van der Waals surface area contributed by atoms with Crippen molar-refractivity contribution >= 4 is 21.9 Å². The van der Waals surface area contributed by atoms with Crippen LogP contribution in [0.5, 0.6) is 0 Å². The summed E-state index contributed by atoms with van der Waals surface area (Å²) in [6, 6.07) is 23.9. The zero-order valence-electron chi connectivity index (χ0n) is 15.9. The number of nitrogens with zero attached hydrogens (tertiary/aromatic N) is 3. The summed E-state index contributed by atoms with van der Waals surface area (Å²) in [5, 5.41) is 9.15. The third kappa shape index (κ3) is 3.10. The van der Waals surface area contributed by atoms with Gasteiger partial charge in [0.15, 0.2) is 0 Å². The van der Waals surface area contributed by atoms with Crippen LogP contribution in [-0.2, 0) is 12.8 Å². The Morgan fingerprint density at radius 3 is 2.41 bits per heavy atom. The molecule has 0 radical (unpaired) electrons. The zero-order chi connectivity index (χ0) is 19.6. The van der Waals surface area contributed by atoms with Gasteiger partial charge in [-0.3, -0.25) is 14.5 Å². The number of benzene rings is 2. The van der Waals surface area contributed by atoms with Gasteiger partial charge in [0.1, 0.15) is 5.65 Å². The average molecular weight is 380 g/mol. The first kappa shape index (κ1) is 17.4. The van der Waals surface area contributed by atoms with Gasteiger partial charge in [0, 0.05) is 11.6 Å². The van der Waals surface area contributed by atoms with E-state index in [1.165, 1.54) is 5.56 Å². The summed E-state index contributed by atoms with van der Waals surface area (Å²) in [6.45, 7) is 0. The predicted octanol–water partition coefficient (Wildman–Crippen LogP) is 4.44. The van der Waals surface area contributed by atoms with Gasteiger partial charge in [-0.05, 0) is 49.1 Å². The fourth-order valence-electron chi connectivity index (χ4n) is 3.89. The summed E-state index contributed by atoms with van der Waals surface area (Å²) >= 11 is 0. The largest absolute Gasteiger partial charge is 0.277 e. The summed E-state index contributed by atoms with van der Waals surface area (Å²) in [5.41, 5.74) is 4.23. The van der Waals surface area contributed by atoms with Crippen LogP contribution in [-0.4, -0.2) is 19.7 Å². The Morgan fingerprint density at radius 2 is 1.62 bits per heavy atom. The summed E-state index contributed by atoms with van der Waals surface area (Å²) in [5.74, 6) is 0. The first-order valence-electron chi connectivity index (χ1n) is 9.79. The fourth-order valence-corrected chi connectivity index (χ4v) is 3.89. The Morgan fingerprint density at radius 1 is 0.862 bits per heavy atom. The van der Waals surface area contributed by atoms with E-state index in [1.807, 2.05) is 48.5 Å². The molecule has 3 aromatic heterocycles. The second kappa shape index (κ2) is 7.36. The third-order valence-electron chi connectivity index (χ3n) is 5.26. The molecule has 0 spiro atoms. The molecule has 29 heavy (non-hydrogen) atoms. The number of aromatic nitrogens is 4. The molecule has 0 aliphatic rings. The number of aromatic amines is 1. The van der Waals surface area contributed by atoms with Crippen LogP contribution in [0.4, 0.5) is 0 Å². The lowest BCUT2D eigenvalue weighted by Crippen LogP contribution is -2.20. The van der Waals surface area contributed by atoms with Crippen LogP contribution in [0.1, 0.15) is 17.7 Å². The molecule has 0 aliphatic heterocycles. The van der Waals surface area contributed by atoms with Crippen LogP contribution in [0.25, 0.3) is 27.6 Å². The number of aryl methyl sites for hydroxylation is 2. The number of para-hydroxylation sites is 1. The van der Waals surface area contributed by atoms with E-state index in [2.05, 4.69) is 39.4 Å². The summed E-state index contributed by atoms with van der Waals surface area (Å²) in [6.07, 6.45) is 4.34. The van der Waals surface area contributed by atoms with Crippen molar-refractivity contribution in [3.8, 4) is 5.69 Å². The van der Waals surface area contributed by atoms with Crippen molar-refractivity contribution in [2.45, 2.75) is 19.3 Å².